The molecule has 0 bridgehead atoms. The normalized spacial score (nSPS) is 13.7. The molecule has 2 aromatic rings. The van der Waals surface area contributed by atoms with Crippen molar-refractivity contribution < 1.29 is 19.4 Å². The Kier molecular flexibility index (Phi) is 3.80. The highest BCUT2D eigenvalue weighted by atomic mass is 16.5. The minimum Gasteiger partial charge on any atom is -0.504 e. The minimum absolute atomic E-state index is 0.0882. The number of para-hydroxylation sites is 1. The number of carbonyl (C=O) groups excluding carboxylic acids is 2. The first-order chi connectivity index (χ1) is 11.1. The second kappa shape index (κ2) is 5.92. The van der Waals surface area contributed by atoms with E-state index in [-0.39, 0.29) is 5.75 Å². The lowest BCUT2D eigenvalue weighted by Gasteiger charge is -2.08. The zero-order valence-corrected chi connectivity index (χ0v) is 12.4. The number of rotatable bonds is 4. The van der Waals surface area contributed by atoms with Gasteiger partial charge in [-0.05, 0) is 31.2 Å². The molecule has 0 aliphatic carbocycles. The molecule has 1 heterocycles. The van der Waals surface area contributed by atoms with Crippen LogP contribution in [0.25, 0.3) is 0 Å². The summed E-state index contributed by atoms with van der Waals surface area (Å²) in [6, 6.07) is 11.5. The van der Waals surface area contributed by atoms with Crippen molar-refractivity contribution in [1.29, 1.82) is 0 Å². The molecule has 2 amide bonds. The number of phenols is 1. The Morgan fingerprint density at radius 3 is 2.35 bits per heavy atom. The molecule has 1 N–H and O–H groups in total. The van der Waals surface area contributed by atoms with Gasteiger partial charge in [0.1, 0.15) is 0 Å². The van der Waals surface area contributed by atoms with Gasteiger partial charge in [0.05, 0.1) is 23.9 Å². The fraction of sp³-hybridized carbons (Fsp3) is 0.118. The predicted molar refractivity (Wildman–Crippen MR) is 83.8 cm³/mol. The molecule has 0 fully saturated rings. The van der Waals surface area contributed by atoms with Gasteiger partial charge >= 0.3 is 0 Å². The number of amides is 2. The van der Waals surface area contributed by atoms with Crippen LogP contribution >= 0.6 is 0 Å². The van der Waals surface area contributed by atoms with Crippen LogP contribution in [-0.4, -0.2) is 34.8 Å². The van der Waals surface area contributed by atoms with Crippen molar-refractivity contribution in [2.24, 2.45) is 5.10 Å². The largest absolute Gasteiger partial charge is 0.504 e. The second-order valence-electron chi connectivity index (χ2n) is 4.84. The van der Waals surface area contributed by atoms with Crippen LogP contribution in [0.2, 0.25) is 0 Å². The van der Waals surface area contributed by atoms with Gasteiger partial charge in [0.25, 0.3) is 11.8 Å². The van der Waals surface area contributed by atoms with E-state index in [0.29, 0.717) is 29.0 Å². The van der Waals surface area contributed by atoms with E-state index in [1.54, 1.807) is 49.4 Å². The van der Waals surface area contributed by atoms with Crippen molar-refractivity contribution in [1.82, 2.24) is 5.01 Å². The van der Waals surface area contributed by atoms with Gasteiger partial charge in [0.2, 0.25) is 0 Å². The number of carbonyl (C=O) groups is 2. The number of aromatic hydroxyl groups is 1. The molecule has 0 radical (unpaired) electrons. The molecule has 0 unspecified atom stereocenters. The molecule has 2 aromatic carbocycles. The van der Waals surface area contributed by atoms with Crippen LogP contribution in [0.5, 0.6) is 11.5 Å². The average molecular weight is 310 g/mol. The Labute approximate surface area is 132 Å². The monoisotopic (exact) mass is 310 g/mol. The van der Waals surface area contributed by atoms with Crippen LogP contribution < -0.4 is 4.74 Å². The third-order valence-corrected chi connectivity index (χ3v) is 3.41. The van der Waals surface area contributed by atoms with Crippen LogP contribution in [0.1, 0.15) is 33.2 Å². The summed E-state index contributed by atoms with van der Waals surface area (Å²) in [7, 11) is 0. The number of hydrogen-bond acceptors (Lipinski definition) is 5. The summed E-state index contributed by atoms with van der Waals surface area (Å²) in [4.78, 5) is 24.4. The number of hydrogen-bond donors (Lipinski definition) is 1. The number of ether oxygens (including phenoxy) is 1. The van der Waals surface area contributed by atoms with E-state index in [1.807, 2.05) is 0 Å². The molecule has 6 heteroatoms. The molecule has 1 aliphatic rings. The Morgan fingerprint density at radius 2 is 1.74 bits per heavy atom. The van der Waals surface area contributed by atoms with E-state index in [4.69, 9.17) is 4.74 Å². The van der Waals surface area contributed by atoms with E-state index in [2.05, 4.69) is 5.10 Å². The van der Waals surface area contributed by atoms with Gasteiger partial charge < -0.3 is 9.84 Å². The topological polar surface area (TPSA) is 79.2 Å². The van der Waals surface area contributed by atoms with Crippen LogP contribution in [0.15, 0.2) is 47.6 Å². The Balaban J connectivity index is 1.89. The summed E-state index contributed by atoms with van der Waals surface area (Å²) in [5, 5.41) is 14.8. The lowest BCUT2D eigenvalue weighted by Crippen LogP contribution is -2.24. The van der Waals surface area contributed by atoms with Gasteiger partial charge in [-0.1, -0.05) is 18.2 Å². The van der Waals surface area contributed by atoms with Gasteiger partial charge in [0.15, 0.2) is 11.5 Å². The number of benzene rings is 2. The fourth-order valence-corrected chi connectivity index (χ4v) is 2.32. The number of hydrazone groups is 1. The molecule has 23 heavy (non-hydrogen) atoms. The SMILES string of the molecule is CCOc1cccc(/C=N/N2C(=O)c3ccccc3C2=O)c1O. The maximum Gasteiger partial charge on any atom is 0.282 e. The van der Waals surface area contributed by atoms with Crippen molar-refractivity contribution in [2.45, 2.75) is 6.92 Å². The number of nitrogens with zero attached hydrogens (tertiary/aromatic N) is 2. The molecule has 0 spiro atoms. The molecule has 0 saturated heterocycles. The van der Waals surface area contributed by atoms with Crippen LogP contribution in [-0.2, 0) is 0 Å². The highest BCUT2D eigenvalue weighted by Gasteiger charge is 2.35. The molecule has 0 atom stereocenters. The fourth-order valence-electron chi connectivity index (χ4n) is 2.32. The summed E-state index contributed by atoms with van der Waals surface area (Å²) in [5.74, 6) is -0.738. The van der Waals surface area contributed by atoms with E-state index >= 15 is 0 Å². The van der Waals surface area contributed by atoms with Crippen molar-refractivity contribution >= 4 is 18.0 Å². The minimum atomic E-state index is -0.484. The van der Waals surface area contributed by atoms with Crippen molar-refractivity contribution in [3.63, 3.8) is 0 Å². The van der Waals surface area contributed by atoms with E-state index in [9.17, 15) is 14.7 Å². The Bertz CT molecular complexity index is 779. The maximum atomic E-state index is 12.2. The van der Waals surface area contributed by atoms with Gasteiger partial charge in [-0.3, -0.25) is 9.59 Å². The van der Waals surface area contributed by atoms with Crippen LogP contribution in [0.4, 0.5) is 0 Å². The summed E-state index contributed by atoms with van der Waals surface area (Å²) in [6.07, 6.45) is 1.26. The summed E-state index contributed by atoms with van der Waals surface area (Å²) < 4.78 is 5.28. The van der Waals surface area contributed by atoms with E-state index in [0.717, 1.165) is 5.01 Å². The predicted octanol–water partition coefficient (Wildman–Crippen LogP) is 2.42. The zero-order chi connectivity index (χ0) is 16.4. The average Bonchev–Trinajstić information content (AvgIpc) is 2.81. The first-order valence-electron chi connectivity index (χ1n) is 7.10. The number of fused-ring (bicyclic) bond motifs is 1. The third-order valence-electron chi connectivity index (χ3n) is 3.41. The van der Waals surface area contributed by atoms with E-state index < -0.39 is 11.8 Å². The number of phenolic OH excluding ortho intramolecular Hbond substituents is 1. The van der Waals surface area contributed by atoms with Crippen LogP contribution in [0, 0.1) is 0 Å². The standard InChI is InChI=1S/C17H14N2O4/c1-2-23-14-9-5-6-11(15(14)20)10-18-19-16(21)12-7-3-4-8-13(12)17(19)22/h3-10,20H,2H2,1H3/b18-10+. The highest BCUT2D eigenvalue weighted by Crippen LogP contribution is 2.29. The van der Waals surface area contributed by atoms with Gasteiger partial charge in [0, 0.05) is 5.56 Å². The van der Waals surface area contributed by atoms with Crippen molar-refractivity contribution in [2.75, 3.05) is 6.61 Å². The molecule has 0 saturated carbocycles. The first kappa shape index (κ1) is 14.8. The van der Waals surface area contributed by atoms with E-state index in [1.165, 1.54) is 6.21 Å². The van der Waals surface area contributed by atoms with Crippen molar-refractivity contribution in [3.8, 4) is 11.5 Å². The summed E-state index contributed by atoms with van der Waals surface area (Å²) in [5.41, 5.74) is 0.997. The van der Waals surface area contributed by atoms with Crippen molar-refractivity contribution in [3.05, 3.63) is 59.2 Å². The second-order valence-corrected chi connectivity index (χ2v) is 4.84. The molecule has 6 nitrogen and oxygen atoms in total. The Morgan fingerprint density at radius 1 is 1.09 bits per heavy atom. The van der Waals surface area contributed by atoms with Gasteiger partial charge in [-0.15, -0.1) is 0 Å². The highest BCUT2D eigenvalue weighted by molar-refractivity contribution is 6.21. The molecular weight excluding hydrogens is 296 g/mol. The smallest absolute Gasteiger partial charge is 0.282 e. The van der Waals surface area contributed by atoms with Gasteiger partial charge in [-0.25, -0.2) is 0 Å². The number of imide groups is 1. The van der Waals surface area contributed by atoms with Gasteiger partial charge in [-0.2, -0.15) is 10.1 Å². The zero-order valence-electron chi connectivity index (χ0n) is 12.4. The molecule has 3 rings (SSSR count). The lowest BCUT2D eigenvalue weighted by molar-refractivity contribution is 0.0660. The lowest BCUT2D eigenvalue weighted by atomic mass is 10.1. The maximum absolute atomic E-state index is 12.2. The Hall–Kier alpha value is -3.15. The van der Waals surface area contributed by atoms with Crippen LogP contribution in [0.3, 0.4) is 0 Å². The third kappa shape index (κ3) is 2.55. The summed E-state index contributed by atoms with van der Waals surface area (Å²) in [6.45, 7) is 2.21. The molecule has 1 aliphatic heterocycles. The summed E-state index contributed by atoms with van der Waals surface area (Å²) >= 11 is 0. The molecular formula is C17H14N2O4. The molecule has 116 valence electrons. The first-order valence-corrected chi connectivity index (χ1v) is 7.10. The molecule has 0 aromatic heterocycles. The quantitative estimate of drug-likeness (QED) is 0.695.